The minimum absolute atomic E-state index is 0.0179. The first kappa shape index (κ1) is 34.7. The van der Waals surface area contributed by atoms with Crippen LogP contribution in [-0.4, -0.2) is 60.3 Å². The zero-order valence-electron chi connectivity index (χ0n) is 24.8. The number of carbonyl (C=O) groups is 2. The summed E-state index contributed by atoms with van der Waals surface area (Å²) in [6.45, 7) is 9.31. The molecule has 1 aliphatic carbocycles. The lowest BCUT2D eigenvalue weighted by atomic mass is 9.91. The summed E-state index contributed by atoms with van der Waals surface area (Å²) < 4.78 is 11.5. The molecule has 0 spiro atoms. The average molecular weight is 579 g/mol. The molecule has 2 unspecified atom stereocenters. The van der Waals surface area contributed by atoms with Crippen LogP contribution in [0.25, 0.3) is 16.7 Å². The number of unbranched alkanes of at least 4 members (excludes halogenated alkanes) is 2. The van der Waals surface area contributed by atoms with Gasteiger partial charge in [-0.25, -0.2) is 4.79 Å². The lowest BCUT2D eigenvalue weighted by molar-refractivity contribution is -0.141. The van der Waals surface area contributed by atoms with Gasteiger partial charge in [-0.3, -0.25) is 4.79 Å². The number of hydrogen-bond acceptors (Lipinski definition) is 6. The Morgan fingerprint density at radius 3 is 2.14 bits per heavy atom. The van der Waals surface area contributed by atoms with E-state index in [1.807, 2.05) is 0 Å². The maximum Gasteiger partial charge on any atom is 0.335 e. The van der Waals surface area contributed by atoms with Crippen molar-refractivity contribution in [3.05, 3.63) is 90.0 Å². The molecule has 0 bridgehead atoms. The van der Waals surface area contributed by atoms with Gasteiger partial charge in [0, 0.05) is 5.92 Å². The third kappa shape index (κ3) is 12.1. The molecule has 7 heteroatoms. The molecule has 228 valence electrons. The van der Waals surface area contributed by atoms with Crippen molar-refractivity contribution in [3.63, 3.8) is 0 Å². The number of benzene rings is 2. The molecule has 0 aromatic heterocycles. The number of aliphatic hydroxyl groups is 2. The van der Waals surface area contributed by atoms with E-state index in [0.29, 0.717) is 18.6 Å². The summed E-state index contributed by atoms with van der Waals surface area (Å²) in [5.41, 5.74) is 7.16. The monoisotopic (exact) mass is 578 g/mol. The van der Waals surface area contributed by atoms with Crippen LogP contribution in [0.15, 0.2) is 78.9 Å². The molecule has 2 aromatic rings. The molecule has 0 heterocycles. The highest BCUT2D eigenvalue weighted by Crippen LogP contribution is 2.30. The molecule has 2 aromatic carbocycles. The standard InChI is InChI=1S/C34H44O5.CH2O2/c1-4-5-6-7-27-8-10-29(11-9-27)30-12-14-31(15-13-30)32-16-18-33(19-17-32)38-23-28(20-25(2)21-35)24-39-34(37)26(3)22-36;2-1-3/h8-16,28,33,35-36H,2-7,17-24H2,1H3;1H,(H,2,3). The van der Waals surface area contributed by atoms with E-state index in [1.165, 1.54) is 47.1 Å². The summed E-state index contributed by atoms with van der Waals surface area (Å²) in [6, 6.07) is 17.8. The summed E-state index contributed by atoms with van der Waals surface area (Å²) in [5, 5.41) is 25.3. The minimum atomic E-state index is -0.618. The highest BCUT2D eigenvalue weighted by atomic mass is 16.5. The lowest BCUT2D eigenvalue weighted by Gasteiger charge is -2.25. The molecule has 0 radical (unpaired) electrons. The Morgan fingerprint density at radius 1 is 0.976 bits per heavy atom. The van der Waals surface area contributed by atoms with Gasteiger partial charge in [-0.2, -0.15) is 0 Å². The third-order valence-electron chi connectivity index (χ3n) is 7.27. The predicted molar refractivity (Wildman–Crippen MR) is 167 cm³/mol. The van der Waals surface area contributed by atoms with Crippen molar-refractivity contribution in [2.24, 2.45) is 5.92 Å². The Kier molecular flexibility index (Phi) is 16.2. The number of carboxylic acid groups (broad SMARTS) is 1. The second-order valence-electron chi connectivity index (χ2n) is 10.6. The van der Waals surface area contributed by atoms with E-state index in [9.17, 15) is 9.90 Å². The SMILES string of the molecule is C=C(CO)CC(COC(=O)C(=C)CO)COC1CC=C(c2ccc(-c3ccc(CCCCC)cc3)cc2)CC1.O=CO. The van der Waals surface area contributed by atoms with Crippen molar-refractivity contribution >= 4 is 18.0 Å². The highest BCUT2D eigenvalue weighted by Gasteiger charge is 2.20. The second kappa shape index (κ2) is 19.6. The smallest absolute Gasteiger partial charge is 0.335 e. The van der Waals surface area contributed by atoms with Crippen LogP contribution in [0.3, 0.4) is 0 Å². The first-order valence-electron chi connectivity index (χ1n) is 14.7. The fourth-order valence-corrected chi connectivity index (χ4v) is 4.81. The normalized spacial score (nSPS) is 15.0. The summed E-state index contributed by atoms with van der Waals surface area (Å²) in [5.74, 6) is -0.740. The van der Waals surface area contributed by atoms with Crippen molar-refractivity contribution in [2.75, 3.05) is 26.4 Å². The number of aryl methyl sites for hydroxylation is 1. The van der Waals surface area contributed by atoms with Gasteiger partial charge < -0.3 is 24.8 Å². The number of ether oxygens (including phenoxy) is 2. The van der Waals surface area contributed by atoms with Crippen LogP contribution in [-0.2, 0) is 25.5 Å². The van der Waals surface area contributed by atoms with Crippen molar-refractivity contribution in [1.82, 2.24) is 0 Å². The largest absolute Gasteiger partial charge is 0.483 e. The third-order valence-corrected chi connectivity index (χ3v) is 7.27. The molecule has 3 N–H and O–H groups in total. The van der Waals surface area contributed by atoms with Crippen LogP contribution in [0, 0.1) is 5.92 Å². The van der Waals surface area contributed by atoms with Gasteiger partial charge in [0.2, 0.25) is 0 Å². The number of carbonyl (C=O) groups excluding carboxylic acids is 1. The Bertz CT molecular complexity index is 1150. The van der Waals surface area contributed by atoms with E-state index >= 15 is 0 Å². The van der Waals surface area contributed by atoms with Crippen LogP contribution < -0.4 is 0 Å². The van der Waals surface area contributed by atoms with E-state index in [1.54, 1.807) is 0 Å². The van der Waals surface area contributed by atoms with Gasteiger partial charge in [0.1, 0.15) is 0 Å². The fourth-order valence-electron chi connectivity index (χ4n) is 4.81. The van der Waals surface area contributed by atoms with Gasteiger partial charge in [0.25, 0.3) is 6.47 Å². The van der Waals surface area contributed by atoms with Gasteiger partial charge >= 0.3 is 5.97 Å². The van der Waals surface area contributed by atoms with E-state index in [2.05, 4.69) is 74.7 Å². The number of aliphatic hydroxyl groups excluding tert-OH is 2. The molecule has 1 aliphatic rings. The molecular formula is C35H46O7. The number of hydrogen-bond donors (Lipinski definition) is 3. The first-order valence-corrected chi connectivity index (χ1v) is 14.7. The molecule has 7 nitrogen and oxygen atoms in total. The molecule has 0 saturated carbocycles. The van der Waals surface area contributed by atoms with E-state index in [0.717, 1.165) is 25.7 Å². The van der Waals surface area contributed by atoms with E-state index in [4.69, 9.17) is 24.5 Å². The van der Waals surface area contributed by atoms with Crippen LogP contribution in [0.4, 0.5) is 0 Å². The van der Waals surface area contributed by atoms with Crippen LogP contribution in [0.2, 0.25) is 0 Å². The van der Waals surface area contributed by atoms with Crippen LogP contribution in [0.5, 0.6) is 0 Å². The van der Waals surface area contributed by atoms with Crippen LogP contribution >= 0.6 is 0 Å². The molecule has 3 rings (SSSR count). The molecular weight excluding hydrogens is 532 g/mol. The summed E-state index contributed by atoms with van der Waals surface area (Å²) in [7, 11) is 0. The summed E-state index contributed by atoms with van der Waals surface area (Å²) in [6.07, 6.45) is 10.5. The first-order chi connectivity index (χ1) is 20.3. The average Bonchev–Trinajstić information content (AvgIpc) is 3.03. The zero-order chi connectivity index (χ0) is 30.7. The summed E-state index contributed by atoms with van der Waals surface area (Å²) >= 11 is 0. The Hall–Kier alpha value is -3.52. The Morgan fingerprint density at radius 2 is 1.60 bits per heavy atom. The van der Waals surface area contributed by atoms with Crippen molar-refractivity contribution in [1.29, 1.82) is 0 Å². The van der Waals surface area contributed by atoms with E-state index < -0.39 is 12.6 Å². The summed E-state index contributed by atoms with van der Waals surface area (Å²) in [4.78, 5) is 20.2. The van der Waals surface area contributed by atoms with Crippen LogP contribution in [0.1, 0.15) is 63.0 Å². The van der Waals surface area contributed by atoms with Crippen molar-refractivity contribution < 1.29 is 34.4 Å². The molecule has 0 aliphatic heterocycles. The minimum Gasteiger partial charge on any atom is -0.483 e. The van der Waals surface area contributed by atoms with E-state index in [-0.39, 0.29) is 37.3 Å². The topological polar surface area (TPSA) is 113 Å². The van der Waals surface area contributed by atoms with Crippen molar-refractivity contribution in [2.45, 2.75) is 64.4 Å². The van der Waals surface area contributed by atoms with Gasteiger partial charge in [0.05, 0.1) is 38.1 Å². The highest BCUT2D eigenvalue weighted by molar-refractivity contribution is 5.87. The van der Waals surface area contributed by atoms with Gasteiger partial charge in [-0.1, -0.05) is 93.1 Å². The number of allylic oxidation sites excluding steroid dienone is 1. The molecule has 0 saturated heterocycles. The predicted octanol–water partition coefficient (Wildman–Crippen LogP) is 6.39. The number of esters is 1. The molecule has 0 amide bonds. The molecule has 42 heavy (non-hydrogen) atoms. The van der Waals surface area contributed by atoms with Gasteiger partial charge in [-0.15, -0.1) is 0 Å². The van der Waals surface area contributed by atoms with Gasteiger partial charge in [-0.05, 0) is 66.4 Å². The maximum atomic E-state index is 11.9. The molecule has 2 atom stereocenters. The maximum absolute atomic E-state index is 11.9. The second-order valence-corrected chi connectivity index (χ2v) is 10.6. The molecule has 0 fully saturated rings. The number of rotatable bonds is 16. The van der Waals surface area contributed by atoms with Gasteiger partial charge in [0.15, 0.2) is 0 Å². The Balaban J connectivity index is 0.00000197. The lowest BCUT2D eigenvalue weighted by Crippen LogP contribution is -2.25. The quantitative estimate of drug-likeness (QED) is 0.0696. The fraction of sp³-hybridized carbons (Fsp3) is 0.429. The zero-order valence-corrected chi connectivity index (χ0v) is 24.8. The van der Waals surface area contributed by atoms with Crippen molar-refractivity contribution in [3.8, 4) is 11.1 Å². The Labute approximate surface area is 250 Å².